The van der Waals surface area contributed by atoms with E-state index in [0.29, 0.717) is 18.3 Å². The molecular weight excluding hydrogens is 332 g/mol. The third-order valence-corrected chi connectivity index (χ3v) is 4.05. The van der Waals surface area contributed by atoms with E-state index in [0.717, 1.165) is 18.2 Å². The first-order chi connectivity index (χ1) is 11.9. The number of benzene rings is 1. The van der Waals surface area contributed by atoms with E-state index in [1.165, 1.54) is 0 Å². The molecule has 1 aromatic carbocycles. The third kappa shape index (κ3) is 4.19. The summed E-state index contributed by atoms with van der Waals surface area (Å²) < 4.78 is 37.8. The van der Waals surface area contributed by atoms with Crippen molar-refractivity contribution in [2.45, 2.75) is 38.9 Å². The molecule has 25 heavy (non-hydrogen) atoms. The Balaban J connectivity index is 1.63. The molecule has 6 nitrogen and oxygen atoms in total. The summed E-state index contributed by atoms with van der Waals surface area (Å²) in [5.74, 6) is -0.353. The van der Waals surface area contributed by atoms with Gasteiger partial charge in [0, 0.05) is 13.0 Å². The Morgan fingerprint density at radius 2 is 2.16 bits per heavy atom. The Bertz CT molecular complexity index is 765. The summed E-state index contributed by atoms with van der Waals surface area (Å²) in [5.41, 5.74) is 0.193. The maximum absolute atomic E-state index is 13.7. The van der Waals surface area contributed by atoms with Crippen molar-refractivity contribution in [2.75, 3.05) is 13.1 Å². The molecule has 134 valence electrons. The van der Waals surface area contributed by atoms with Crippen molar-refractivity contribution in [1.29, 1.82) is 0 Å². The molecular formula is C17H19F2N3O3. The number of aryl methyl sites for hydroxylation is 2. The Morgan fingerprint density at radius 1 is 1.36 bits per heavy atom. The summed E-state index contributed by atoms with van der Waals surface area (Å²) in [6.45, 7) is 4.27. The number of aromatic nitrogens is 2. The first-order valence-electron chi connectivity index (χ1n) is 8.09. The maximum atomic E-state index is 13.7. The number of carbonyl (C=O) groups is 1. The van der Waals surface area contributed by atoms with Gasteiger partial charge in [-0.2, -0.15) is 4.98 Å². The Labute approximate surface area is 143 Å². The van der Waals surface area contributed by atoms with Crippen molar-refractivity contribution in [3.05, 3.63) is 47.1 Å². The molecule has 0 bridgehead atoms. The Morgan fingerprint density at radius 3 is 2.88 bits per heavy atom. The smallest absolute Gasteiger partial charge is 0.257 e. The second-order valence-electron chi connectivity index (χ2n) is 6.15. The predicted molar refractivity (Wildman–Crippen MR) is 83.6 cm³/mol. The fourth-order valence-electron chi connectivity index (χ4n) is 2.87. The first kappa shape index (κ1) is 17.5. The number of hydrogen-bond acceptors (Lipinski definition) is 5. The van der Waals surface area contributed by atoms with Crippen LogP contribution < -0.4 is 0 Å². The van der Waals surface area contributed by atoms with Gasteiger partial charge in [0.15, 0.2) is 11.9 Å². The van der Waals surface area contributed by atoms with Crippen LogP contribution in [0, 0.1) is 18.6 Å². The lowest BCUT2D eigenvalue weighted by molar-refractivity contribution is -0.146. The molecule has 2 aromatic rings. The molecule has 1 aliphatic heterocycles. The van der Waals surface area contributed by atoms with Crippen LogP contribution in [0.1, 0.15) is 36.7 Å². The second-order valence-corrected chi connectivity index (χ2v) is 6.15. The van der Waals surface area contributed by atoms with Gasteiger partial charge in [0.25, 0.3) is 5.89 Å². The molecule has 8 heteroatoms. The minimum Gasteiger partial charge on any atom is -0.362 e. The van der Waals surface area contributed by atoms with E-state index >= 15 is 0 Å². The van der Waals surface area contributed by atoms with Crippen LogP contribution in [0.25, 0.3) is 0 Å². The van der Waals surface area contributed by atoms with Crippen molar-refractivity contribution in [3.63, 3.8) is 0 Å². The van der Waals surface area contributed by atoms with Crippen LogP contribution in [-0.2, 0) is 16.0 Å². The minimum atomic E-state index is -0.518. The highest BCUT2D eigenvalue weighted by molar-refractivity contribution is 5.76. The predicted octanol–water partition coefficient (Wildman–Crippen LogP) is 2.58. The van der Waals surface area contributed by atoms with Crippen molar-refractivity contribution >= 4 is 5.91 Å². The summed E-state index contributed by atoms with van der Waals surface area (Å²) in [7, 11) is 0. The number of hydrogen-bond donors (Lipinski definition) is 0. The quantitative estimate of drug-likeness (QED) is 0.847. The van der Waals surface area contributed by atoms with Crippen LogP contribution in [0.4, 0.5) is 8.78 Å². The van der Waals surface area contributed by atoms with Gasteiger partial charge in [0.1, 0.15) is 11.6 Å². The van der Waals surface area contributed by atoms with Gasteiger partial charge in [-0.15, -0.1) is 0 Å². The number of rotatable bonds is 4. The molecule has 1 aromatic heterocycles. The van der Waals surface area contributed by atoms with E-state index < -0.39 is 17.7 Å². The number of morpholine rings is 1. The zero-order valence-electron chi connectivity index (χ0n) is 14.0. The molecule has 1 fully saturated rings. The van der Waals surface area contributed by atoms with Gasteiger partial charge in [-0.25, -0.2) is 8.78 Å². The number of carbonyl (C=O) groups excluding carboxylic acids is 1. The van der Waals surface area contributed by atoms with Crippen molar-refractivity contribution in [1.82, 2.24) is 15.0 Å². The summed E-state index contributed by atoms with van der Waals surface area (Å²) in [6.07, 6.45) is -0.457. The molecule has 0 aliphatic carbocycles. The minimum absolute atomic E-state index is 0.0860. The van der Waals surface area contributed by atoms with E-state index in [2.05, 4.69) is 10.1 Å². The van der Waals surface area contributed by atoms with Crippen LogP contribution in [0.3, 0.4) is 0 Å². The summed E-state index contributed by atoms with van der Waals surface area (Å²) in [4.78, 5) is 18.3. The normalized spacial score (nSPS) is 20.7. The highest BCUT2D eigenvalue weighted by atomic mass is 19.1. The summed E-state index contributed by atoms with van der Waals surface area (Å²) in [5, 5.41) is 3.73. The van der Waals surface area contributed by atoms with Crippen LogP contribution in [0.15, 0.2) is 22.7 Å². The fraction of sp³-hybridized carbons (Fsp3) is 0.471. The molecule has 0 unspecified atom stereocenters. The molecule has 0 saturated carbocycles. The first-order valence-corrected chi connectivity index (χ1v) is 8.09. The van der Waals surface area contributed by atoms with Gasteiger partial charge in [-0.1, -0.05) is 5.16 Å². The molecule has 1 saturated heterocycles. The van der Waals surface area contributed by atoms with Gasteiger partial charge in [0.05, 0.1) is 12.6 Å². The highest BCUT2D eigenvalue weighted by Crippen LogP contribution is 2.24. The van der Waals surface area contributed by atoms with Crippen molar-refractivity contribution in [3.8, 4) is 0 Å². The topological polar surface area (TPSA) is 68.5 Å². The average Bonchev–Trinajstić information content (AvgIpc) is 3.01. The molecule has 0 spiro atoms. The second kappa shape index (κ2) is 7.26. The summed E-state index contributed by atoms with van der Waals surface area (Å²) >= 11 is 0. The lowest BCUT2D eigenvalue weighted by atomic mass is 10.1. The summed E-state index contributed by atoms with van der Waals surface area (Å²) in [6, 6.07) is 3.25. The van der Waals surface area contributed by atoms with Crippen LogP contribution in [0.2, 0.25) is 0 Å². The third-order valence-electron chi connectivity index (χ3n) is 4.05. The molecule has 1 amide bonds. The Hall–Kier alpha value is -2.35. The van der Waals surface area contributed by atoms with E-state index in [1.54, 1.807) is 11.8 Å². The van der Waals surface area contributed by atoms with E-state index in [-0.39, 0.29) is 37.0 Å². The van der Waals surface area contributed by atoms with Gasteiger partial charge in [-0.05, 0) is 44.0 Å². The molecule has 0 N–H and O–H groups in total. The fourth-order valence-corrected chi connectivity index (χ4v) is 2.87. The van der Waals surface area contributed by atoms with Gasteiger partial charge >= 0.3 is 0 Å². The van der Waals surface area contributed by atoms with E-state index in [4.69, 9.17) is 9.26 Å². The lowest BCUT2D eigenvalue weighted by Crippen LogP contribution is -2.46. The monoisotopic (exact) mass is 351 g/mol. The molecule has 3 rings (SSSR count). The molecule has 0 radical (unpaired) electrons. The SMILES string of the molecule is Cc1noc([C@H]2CN(C(=O)CCc3cc(F)ccc3F)C[C@@H](C)O2)n1. The van der Waals surface area contributed by atoms with Crippen LogP contribution in [-0.4, -0.2) is 40.1 Å². The van der Waals surface area contributed by atoms with Crippen LogP contribution in [0.5, 0.6) is 0 Å². The zero-order chi connectivity index (χ0) is 18.0. The molecule has 2 heterocycles. The van der Waals surface area contributed by atoms with Crippen molar-refractivity contribution < 1.29 is 22.8 Å². The van der Waals surface area contributed by atoms with Gasteiger partial charge < -0.3 is 14.2 Å². The average molecular weight is 351 g/mol. The molecule has 2 atom stereocenters. The number of amides is 1. The standard InChI is InChI=1S/C17H19F2N3O3/c1-10-8-22(9-15(24-10)17-20-11(2)21-25-17)16(23)6-3-12-7-13(18)4-5-14(12)19/h4-5,7,10,15H,3,6,8-9H2,1-2H3/t10-,15-/m1/s1. The number of nitrogens with zero attached hydrogens (tertiary/aromatic N) is 3. The highest BCUT2D eigenvalue weighted by Gasteiger charge is 2.32. The zero-order valence-corrected chi connectivity index (χ0v) is 14.0. The van der Waals surface area contributed by atoms with Gasteiger partial charge in [0.2, 0.25) is 5.91 Å². The van der Waals surface area contributed by atoms with E-state index in [9.17, 15) is 13.6 Å². The lowest BCUT2D eigenvalue weighted by Gasteiger charge is -2.35. The maximum Gasteiger partial charge on any atom is 0.257 e. The number of halogens is 2. The van der Waals surface area contributed by atoms with Gasteiger partial charge in [-0.3, -0.25) is 4.79 Å². The Kier molecular flexibility index (Phi) is 5.08. The largest absolute Gasteiger partial charge is 0.362 e. The number of ether oxygens (including phenoxy) is 1. The van der Waals surface area contributed by atoms with E-state index in [1.807, 2.05) is 6.92 Å². The van der Waals surface area contributed by atoms with Crippen LogP contribution >= 0.6 is 0 Å². The van der Waals surface area contributed by atoms with Crippen molar-refractivity contribution in [2.24, 2.45) is 0 Å². The molecule has 1 aliphatic rings.